The van der Waals surface area contributed by atoms with Crippen molar-refractivity contribution in [2.24, 2.45) is 40.2 Å². The number of phenolic OH excluding ortho intramolecular Hbond substituents is 1. The average Bonchev–Trinajstić information content (AvgIpc) is 2.95. The molecule has 0 radical (unpaired) electrons. The molecule has 3 aliphatic rings. The predicted molar refractivity (Wildman–Crippen MR) is 151 cm³/mol. The Hall–Kier alpha value is -4.65. The van der Waals surface area contributed by atoms with Crippen molar-refractivity contribution in [1.29, 1.82) is 5.26 Å². The topological polar surface area (TPSA) is 257 Å². The van der Waals surface area contributed by atoms with Crippen LogP contribution in [0.15, 0.2) is 36.4 Å². The third-order valence-electron chi connectivity index (χ3n) is 9.26. The number of benzene rings is 2. The average molecular weight is 605 g/mol. The highest BCUT2D eigenvalue weighted by Gasteiger charge is 2.83. The summed E-state index contributed by atoms with van der Waals surface area (Å²) < 4.78 is 13.3. The van der Waals surface area contributed by atoms with E-state index in [0.29, 0.717) is 5.56 Å². The van der Waals surface area contributed by atoms with E-state index in [4.69, 9.17) is 22.9 Å². The molecule has 8 atom stereocenters. The Morgan fingerprint density at radius 3 is 2.20 bits per heavy atom. The number of hydrogen-bond acceptors (Lipinski definition) is 12. The smallest absolute Gasteiger partial charge is 0.235 e. The second-order valence-electron chi connectivity index (χ2n) is 11.7. The number of aliphatic hydroxyl groups is 1. The zero-order valence-corrected chi connectivity index (χ0v) is 23.5. The summed E-state index contributed by atoms with van der Waals surface area (Å²) in [5.74, 6) is -12.4. The first kappa shape index (κ1) is 30.8. The van der Waals surface area contributed by atoms with Crippen molar-refractivity contribution in [2.75, 3.05) is 14.1 Å². The van der Waals surface area contributed by atoms with Crippen molar-refractivity contribution in [1.82, 2.24) is 4.90 Å². The van der Waals surface area contributed by atoms with E-state index in [9.17, 15) is 43.8 Å². The predicted octanol–water partition coefficient (Wildman–Crippen LogP) is -1.45. The van der Waals surface area contributed by atoms with Crippen molar-refractivity contribution in [3.63, 3.8) is 0 Å². The molecule has 2 unspecified atom stereocenters. The van der Waals surface area contributed by atoms with Gasteiger partial charge in [-0.05, 0) is 37.4 Å². The van der Waals surface area contributed by atoms with E-state index in [0.717, 1.165) is 4.90 Å². The van der Waals surface area contributed by atoms with Gasteiger partial charge in [0.2, 0.25) is 5.91 Å². The molecule has 44 heavy (non-hydrogen) atoms. The Morgan fingerprint density at radius 1 is 1.05 bits per heavy atom. The molecule has 13 nitrogen and oxygen atoms in total. The number of rotatable bonds is 4. The lowest BCUT2D eigenvalue weighted by Crippen LogP contribution is -2.92. The first-order valence-electron chi connectivity index (χ1n) is 13.4. The molecule has 0 saturated heterocycles. The highest BCUT2D eigenvalue weighted by atomic mass is 19.1. The lowest BCUT2D eigenvalue weighted by molar-refractivity contribution is -0.181. The quantitative estimate of drug-likeness (QED) is 0.173. The van der Waals surface area contributed by atoms with Gasteiger partial charge >= 0.3 is 0 Å². The minimum absolute atomic E-state index is 0.0741. The molecule has 1 amide bonds. The van der Waals surface area contributed by atoms with Gasteiger partial charge in [-0.3, -0.25) is 28.9 Å². The first-order chi connectivity index (χ1) is 20.5. The van der Waals surface area contributed by atoms with Gasteiger partial charge in [0.15, 0.2) is 34.5 Å². The number of nitrogens with zero attached hydrogens (tertiary/aromatic N) is 2. The second-order valence-corrected chi connectivity index (χ2v) is 11.7. The molecule has 5 rings (SSSR count). The highest BCUT2D eigenvalue weighted by Crippen LogP contribution is 2.58. The number of likely N-dealkylation sites (N-methyl/N-ethyl adjacent to an activating group) is 1. The zero-order chi connectivity index (χ0) is 32.7. The largest absolute Gasteiger partial charge is 0.507 e. The summed E-state index contributed by atoms with van der Waals surface area (Å²) in [5, 5.41) is 33.6. The van der Waals surface area contributed by atoms with Crippen LogP contribution in [0.3, 0.4) is 0 Å². The highest BCUT2D eigenvalue weighted by molar-refractivity contribution is 6.33. The molecule has 0 aliphatic heterocycles. The third-order valence-corrected chi connectivity index (χ3v) is 9.26. The minimum atomic E-state index is -3.15. The van der Waals surface area contributed by atoms with Gasteiger partial charge in [-0.1, -0.05) is 36.4 Å². The Labute approximate surface area is 249 Å². The molecule has 2 fully saturated rings. The fraction of sp³-hybridized carbons (Fsp3) is 0.333. The lowest BCUT2D eigenvalue weighted by Gasteiger charge is -2.64. The van der Waals surface area contributed by atoms with Crippen molar-refractivity contribution >= 4 is 41.2 Å². The number of fused-ring (bicyclic) bond motifs is 3. The molecule has 2 saturated carbocycles. The number of phenols is 1. The Kier molecular flexibility index (Phi) is 6.96. The van der Waals surface area contributed by atoms with Crippen LogP contribution in [-0.4, -0.2) is 81.5 Å². The van der Waals surface area contributed by atoms with E-state index in [1.165, 1.54) is 68.7 Å². The number of aromatic hydroxyl groups is 1. The molecule has 2 aromatic rings. The van der Waals surface area contributed by atoms with Crippen LogP contribution in [0.1, 0.15) is 33.1 Å². The van der Waals surface area contributed by atoms with Crippen molar-refractivity contribution in [2.45, 2.75) is 29.3 Å². The summed E-state index contributed by atoms with van der Waals surface area (Å²) in [6.45, 7) is 0. The van der Waals surface area contributed by atoms with E-state index in [-0.39, 0.29) is 11.1 Å². The monoisotopic (exact) mass is 604 g/mol. The van der Waals surface area contributed by atoms with Crippen LogP contribution < -0.4 is 22.9 Å². The number of hydrogen-bond donors (Lipinski definition) is 6. The van der Waals surface area contributed by atoms with Gasteiger partial charge in [0.05, 0.1) is 40.9 Å². The number of carbonyl (C=O) groups excluding carboxylic acids is 5. The number of primary amides is 1. The number of carbonyl (C=O) groups is 5. The summed E-state index contributed by atoms with van der Waals surface area (Å²) >= 11 is 0. The molecule has 14 heteroatoms. The number of nitriles is 1. The fourth-order valence-corrected chi connectivity index (χ4v) is 7.16. The number of Topliss-reactive ketones (excluding diaryl/α,β-unsaturated/α-hetero) is 4. The summed E-state index contributed by atoms with van der Waals surface area (Å²) in [6, 6.07) is 6.25. The van der Waals surface area contributed by atoms with E-state index in [2.05, 4.69) is 0 Å². The molecular weight excluding hydrogens is 575 g/mol. The summed E-state index contributed by atoms with van der Waals surface area (Å²) in [5.41, 5.74) is 16.9. The fourth-order valence-electron chi connectivity index (χ4n) is 7.16. The number of amides is 1. The molecule has 0 aromatic heterocycles. The van der Waals surface area contributed by atoms with Crippen LogP contribution >= 0.6 is 0 Å². The maximum atomic E-state index is 14.5. The van der Waals surface area contributed by atoms with Crippen LogP contribution in [0.4, 0.5) is 4.39 Å². The van der Waals surface area contributed by atoms with Gasteiger partial charge in [0, 0.05) is 5.56 Å². The normalized spacial score (nSPS) is 34.8. The Bertz CT molecular complexity index is 1740. The van der Waals surface area contributed by atoms with Gasteiger partial charge < -0.3 is 33.1 Å². The van der Waals surface area contributed by atoms with Crippen molar-refractivity contribution < 1.29 is 38.6 Å². The van der Waals surface area contributed by atoms with Crippen molar-refractivity contribution in [3.8, 4) is 11.8 Å². The molecule has 0 spiro atoms. The SMILES string of the molecule is CN(C)[C@@H]1C(=O)C(C(N)=O)C(=O)[C@@]2(C#N)C(=O)C3C(=O)c4c(ccc(C=Cc5ccc(F)cc5)c4O)[C@H](N)[C@@]3(N)[C@H](O)[C@@]12N. The number of ketones is 4. The van der Waals surface area contributed by atoms with E-state index in [1.54, 1.807) is 0 Å². The van der Waals surface area contributed by atoms with E-state index >= 15 is 0 Å². The molecule has 0 bridgehead atoms. The molecule has 0 heterocycles. The van der Waals surface area contributed by atoms with Crippen LogP contribution in [0, 0.1) is 34.4 Å². The summed E-state index contributed by atoms with van der Waals surface area (Å²) in [6.07, 6.45) is 0.604. The van der Waals surface area contributed by atoms with Crippen LogP contribution in [0.5, 0.6) is 5.75 Å². The molecule has 2 aromatic carbocycles. The number of nitrogens with two attached hydrogens (primary N) is 4. The van der Waals surface area contributed by atoms with E-state index in [1.807, 2.05) is 0 Å². The van der Waals surface area contributed by atoms with Gasteiger partial charge in [-0.25, -0.2) is 4.39 Å². The molecule has 228 valence electrons. The number of aliphatic hydroxyl groups excluding tert-OH is 1. The molecule has 10 N–H and O–H groups in total. The van der Waals surface area contributed by atoms with Gasteiger partial charge in [-0.2, -0.15) is 5.26 Å². The van der Waals surface area contributed by atoms with E-state index < -0.39 is 92.7 Å². The first-order valence-corrected chi connectivity index (χ1v) is 13.4. The number of halogens is 1. The minimum Gasteiger partial charge on any atom is -0.507 e. The van der Waals surface area contributed by atoms with Crippen molar-refractivity contribution in [3.05, 3.63) is 64.5 Å². The Morgan fingerprint density at radius 2 is 1.66 bits per heavy atom. The summed E-state index contributed by atoms with van der Waals surface area (Å²) in [4.78, 5) is 69.4. The zero-order valence-electron chi connectivity index (χ0n) is 23.5. The molecular formula is C30H29FN6O7. The van der Waals surface area contributed by atoms with Crippen LogP contribution in [0.2, 0.25) is 0 Å². The van der Waals surface area contributed by atoms with Crippen LogP contribution in [0.25, 0.3) is 12.2 Å². The van der Waals surface area contributed by atoms with Gasteiger partial charge in [0.25, 0.3) is 0 Å². The Balaban J connectivity index is 1.74. The maximum absolute atomic E-state index is 14.5. The van der Waals surface area contributed by atoms with Crippen LogP contribution in [-0.2, 0) is 19.2 Å². The summed E-state index contributed by atoms with van der Waals surface area (Å²) in [7, 11) is 2.61. The third kappa shape index (κ3) is 3.58. The molecule has 3 aliphatic carbocycles. The second kappa shape index (κ2) is 9.94. The lowest BCUT2D eigenvalue weighted by atomic mass is 9.41. The van der Waals surface area contributed by atoms with Gasteiger partial charge in [0.1, 0.15) is 17.5 Å². The van der Waals surface area contributed by atoms with Gasteiger partial charge in [-0.15, -0.1) is 0 Å². The standard InChI is InChI=1S/C30H29FN6O7/c1-37(2)23-21(40)17(26(34)43)24(41)28(11-32)25(42)18-20(39)16-15(22(33)29(18,35)27(44)30(23,28)36)10-7-13(19(16)38)6-3-12-4-8-14(31)9-5-12/h3-10,17-18,22-23,27,38,44H,33,35-36H2,1-2H3,(H2,34,43)/t17?,18?,22-,23+,27-,28-,29+,30-/m0/s1. The maximum Gasteiger partial charge on any atom is 0.235 e.